The van der Waals surface area contributed by atoms with Gasteiger partial charge in [0.15, 0.2) is 0 Å². The Kier molecular flexibility index (Phi) is 4.90. The van der Waals surface area contributed by atoms with E-state index in [1.54, 1.807) is 11.3 Å². The molecule has 0 atom stereocenters. The fourth-order valence-electron chi connectivity index (χ4n) is 3.02. The Bertz CT molecular complexity index is 704. The van der Waals surface area contributed by atoms with Crippen LogP contribution in [0.1, 0.15) is 35.5 Å². The zero-order valence-electron chi connectivity index (χ0n) is 13.4. The van der Waals surface area contributed by atoms with Gasteiger partial charge in [-0.1, -0.05) is 0 Å². The van der Waals surface area contributed by atoms with E-state index in [9.17, 15) is 4.79 Å². The van der Waals surface area contributed by atoms with E-state index < -0.39 is 0 Å². The summed E-state index contributed by atoms with van der Waals surface area (Å²) in [4.78, 5) is 24.4. The lowest BCUT2D eigenvalue weighted by atomic mass is 10.2. The van der Waals surface area contributed by atoms with Crippen LogP contribution in [0.15, 0.2) is 4.79 Å². The third-order valence-corrected chi connectivity index (χ3v) is 5.31. The van der Waals surface area contributed by atoms with Gasteiger partial charge >= 0.3 is 0 Å². The summed E-state index contributed by atoms with van der Waals surface area (Å²) in [5, 5.41) is 4.21. The number of aryl methyl sites for hydroxylation is 2. The monoisotopic (exact) mass is 320 g/mol. The first-order chi connectivity index (χ1) is 10.6. The van der Waals surface area contributed by atoms with Crippen molar-refractivity contribution in [1.82, 2.24) is 20.2 Å². The molecule has 0 fully saturated rings. The van der Waals surface area contributed by atoms with Gasteiger partial charge in [-0.25, -0.2) is 4.98 Å². The number of aromatic amines is 1. The summed E-state index contributed by atoms with van der Waals surface area (Å²) in [5.74, 6) is 0.755. The highest BCUT2D eigenvalue weighted by Crippen LogP contribution is 2.34. The zero-order valence-corrected chi connectivity index (χ0v) is 14.2. The maximum absolute atomic E-state index is 12.3. The van der Waals surface area contributed by atoms with Crippen LogP contribution >= 0.6 is 11.3 Å². The molecule has 3 rings (SSSR count). The van der Waals surface area contributed by atoms with Crippen molar-refractivity contribution in [3.63, 3.8) is 0 Å². The maximum atomic E-state index is 12.3. The number of rotatable bonds is 7. The predicted molar refractivity (Wildman–Crippen MR) is 91.8 cm³/mol. The first kappa shape index (κ1) is 15.6. The first-order valence-corrected chi connectivity index (χ1v) is 8.85. The molecule has 5 nitrogen and oxygen atoms in total. The Morgan fingerprint density at radius 2 is 2.18 bits per heavy atom. The van der Waals surface area contributed by atoms with Crippen LogP contribution in [0.25, 0.3) is 10.2 Å². The third kappa shape index (κ3) is 3.39. The number of hydrogen-bond acceptors (Lipinski definition) is 5. The van der Waals surface area contributed by atoms with Crippen molar-refractivity contribution in [2.75, 3.05) is 27.2 Å². The molecule has 6 heteroatoms. The number of unbranched alkanes of at least 4 members (excludes halogenated alkanes) is 1. The number of fused-ring (bicyclic) bond motifs is 3. The van der Waals surface area contributed by atoms with E-state index in [1.807, 2.05) is 0 Å². The van der Waals surface area contributed by atoms with E-state index in [1.165, 1.54) is 23.3 Å². The normalized spacial score (nSPS) is 14.1. The fourth-order valence-corrected chi connectivity index (χ4v) is 4.30. The van der Waals surface area contributed by atoms with Crippen molar-refractivity contribution >= 4 is 21.6 Å². The predicted octanol–water partition coefficient (Wildman–Crippen LogP) is 1.90. The van der Waals surface area contributed by atoms with Gasteiger partial charge in [0, 0.05) is 4.88 Å². The largest absolute Gasteiger partial charge is 0.310 e. The number of hydrogen-bond donors (Lipinski definition) is 2. The van der Waals surface area contributed by atoms with Crippen molar-refractivity contribution in [2.45, 2.75) is 38.6 Å². The molecule has 2 N–H and O–H groups in total. The van der Waals surface area contributed by atoms with E-state index in [0.717, 1.165) is 48.4 Å². The average molecular weight is 320 g/mol. The standard InChI is InChI=1S/C16H24N4OS/c1-20(2)9-4-3-8-17-10-13-18-15(21)14-11-6-5-7-12(11)22-16(14)19-13/h17H,3-10H2,1-2H3,(H,18,19,21). The minimum atomic E-state index is 0.0359. The van der Waals surface area contributed by atoms with Gasteiger partial charge in [-0.15, -0.1) is 11.3 Å². The molecule has 0 saturated heterocycles. The van der Waals surface area contributed by atoms with Gasteiger partial charge in [0.2, 0.25) is 0 Å². The van der Waals surface area contributed by atoms with E-state index in [2.05, 4.69) is 34.3 Å². The molecule has 0 spiro atoms. The second kappa shape index (κ2) is 6.89. The van der Waals surface area contributed by atoms with Crippen LogP contribution in [0.4, 0.5) is 0 Å². The van der Waals surface area contributed by atoms with Crippen LogP contribution in [0.3, 0.4) is 0 Å². The molecule has 0 radical (unpaired) electrons. The van der Waals surface area contributed by atoms with Crippen molar-refractivity contribution in [3.8, 4) is 0 Å². The lowest BCUT2D eigenvalue weighted by Gasteiger charge is -2.09. The number of H-pyrrole nitrogens is 1. The minimum Gasteiger partial charge on any atom is -0.310 e. The Morgan fingerprint density at radius 1 is 1.32 bits per heavy atom. The summed E-state index contributed by atoms with van der Waals surface area (Å²) in [6, 6.07) is 0. The molecule has 0 amide bonds. The summed E-state index contributed by atoms with van der Waals surface area (Å²) in [6.07, 6.45) is 5.63. The molecular weight excluding hydrogens is 296 g/mol. The lowest BCUT2D eigenvalue weighted by Crippen LogP contribution is -2.21. The number of thiophene rings is 1. The molecule has 2 aromatic rings. The van der Waals surface area contributed by atoms with E-state index in [4.69, 9.17) is 0 Å². The van der Waals surface area contributed by atoms with Gasteiger partial charge in [0.05, 0.1) is 11.9 Å². The molecular formula is C16H24N4OS. The Hall–Kier alpha value is -1.24. The van der Waals surface area contributed by atoms with Gasteiger partial charge in [0.1, 0.15) is 10.7 Å². The fraction of sp³-hybridized carbons (Fsp3) is 0.625. The number of nitrogens with zero attached hydrogens (tertiary/aromatic N) is 2. The number of nitrogens with one attached hydrogen (secondary N) is 2. The van der Waals surface area contributed by atoms with E-state index in [-0.39, 0.29) is 5.56 Å². The Balaban J connectivity index is 1.60. The van der Waals surface area contributed by atoms with Crippen molar-refractivity contribution in [3.05, 3.63) is 26.6 Å². The van der Waals surface area contributed by atoms with Crippen molar-refractivity contribution in [1.29, 1.82) is 0 Å². The molecule has 0 unspecified atom stereocenters. The quantitative estimate of drug-likeness (QED) is 0.765. The van der Waals surface area contributed by atoms with Gasteiger partial charge in [-0.05, 0) is 64.9 Å². The van der Waals surface area contributed by atoms with E-state index in [0.29, 0.717) is 6.54 Å². The van der Waals surface area contributed by atoms with Crippen LogP contribution in [-0.2, 0) is 19.4 Å². The van der Waals surface area contributed by atoms with Crippen LogP contribution in [0, 0.1) is 0 Å². The summed E-state index contributed by atoms with van der Waals surface area (Å²) in [7, 11) is 4.19. The molecule has 1 aliphatic rings. The lowest BCUT2D eigenvalue weighted by molar-refractivity contribution is 0.391. The highest BCUT2D eigenvalue weighted by atomic mass is 32.1. The summed E-state index contributed by atoms with van der Waals surface area (Å²) in [6.45, 7) is 2.70. The zero-order chi connectivity index (χ0) is 15.5. The molecule has 0 aromatic carbocycles. The highest BCUT2D eigenvalue weighted by Gasteiger charge is 2.20. The maximum Gasteiger partial charge on any atom is 0.259 e. The SMILES string of the molecule is CN(C)CCCCNCc1nc2sc3c(c2c(=O)[nH]1)CCC3. The molecule has 0 saturated carbocycles. The van der Waals surface area contributed by atoms with Gasteiger partial charge in [-0.2, -0.15) is 0 Å². The van der Waals surface area contributed by atoms with Crippen LogP contribution in [-0.4, -0.2) is 42.1 Å². The van der Waals surface area contributed by atoms with Gasteiger partial charge < -0.3 is 15.2 Å². The average Bonchev–Trinajstić information content (AvgIpc) is 3.02. The molecule has 0 bridgehead atoms. The molecule has 22 heavy (non-hydrogen) atoms. The third-order valence-electron chi connectivity index (χ3n) is 4.13. The summed E-state index contributed by atoms with van der Waals surface area (Å²) >= 11 is 1.70. The minimum absolute atomic E-state index is 0.0359. The van der Waals surface area contributed by atoms with Crippen LogP contribution in [0.5, 0.6) is 0 Å². The van der Waals surface area contributed by atoms with Crippen molar-refractivity contribution < 1.29 is 0 Å². The first-order valence-electron chi connectivity index (χ1n) is 8.04. The van der Waals surface area contributed by atoms with Crippen LogP contribution in [0.2, 0.25) is 0 Å². The topological polar surface area (TPSA) is 61.0 Å². The van der Waals surface area contributed by atoms with Crippen LogP contribution < -0.4 is 10.9 Å². The second-order valence-corrected chi connectivity index (χ2v) is 7.32. The highest BCUT2D eigenvalue weighted by molar-refractivity contribution is 7.18. The molecule has 2 heterocycles. The Morgan fingerprint density at radius 3 is 3.00 bits per heavy atom. The Labute approximate surface area is 134 Å². The summed E-state index contributed by atoms with van der Waals surface area (Å²) in [5.41, 5.74) is 1.28. The van der Waals surface area contributed by atoms with Crippen molar-refractivity contribution in [2.24, 2.45) is 0 Å². The second-order valence-electron chi connectivity index (χ2n) is 6.24. The molecule has 1 aliphatic carbocycles. The smallest absolute Gasteiger partial charge is 0.259 e. The van der Waals surface area contributed by atoms with Gasteiger partial charge in [0.25, 0.3) is 5.56 Å². The molecule has 2 aromatic heterocycles. The van der Waals surface area contributed by atoms with E-state index >= 15 is 0 Å². The molecule has 0 aliphatic heterocycles. The summed E-state index contributed by atoms with van der Waals surface area (Å²) < 4.78 is 0. The van der Waals surface area contributed by atoms with Gasteiger partial charge in [-0.3, -0.25) is 4.79 Å². The number of aromatic nitrogens is 2. The molecule has 120 valence electrons.